The molecule has 1 aromatic carbocycles. The molecule has 0 heterocycles. The average molecular weight is 346 g/mol. The summed E-state index contributed by atoms with van der Waals surface area (Å²) in [6.45, 7) is 3.88. The first-order valence-electron chi connectivity index (χ1n) is 9.97. The number of ether oxygens (including phenoxy) is 1. The lowest BCUT2D eigenvalue weighted by atomic mass is 9.85. The van der Waals surface area contributed by atoms with Crippen molar-refractivity contribution in [3.8, 4) is 0 Å². The average Bonchev–Trinajstić information content (AvgIpc) is 2.65. The summed E-state index contributed by atoms with van der Waals surface area (Å²) in [5, 5.41) is 8.96. The highest BCUT2D eigenvalue weighted by atomic mass is 16.5. The third kappa shape index (κ3) is 6.58. The summed E-state index contributed by atoms with van der Waals surface area (Å²) in [5.41, 5.74) is 10.3. The molecule has 1 aliphatic carbocycles. The van der Waals surface area contributed by atoms with E-state index < -0.39 is 0 Å². The molecule has 0 unspecified atom stereocenters. The molecule has 3 heteroatoms. The number of rotatable bonds is 11. The molecule has 3 N–H and O–H groups in total. The molecule has 2 rings (SSSR count). The molecular weight excluding hydrogens is 310 g/mol. The van der Waals surface area contributed by atoms with Gasteiger partial charge in [-0.3, -0.25) is 0 Å². The van der Waals surface area contributed by atoms with Crippen LogP contribution in [0.5, 0.6) is 0 Å². The highest BCUT2D eigenvalue weighted by molar-refractivity contribution is 5.36. The van der Waals surface area contributed by atoms with Crippen molar-refractivity contribution < 1.29 is 9.84 Å². The van der Waals surface area contributed by atoms with Gasteiger partial charge in [0.25, 0.3) is 0 Å². The number of benzene rings is 1. The van der Waals surface area contributed by atoms with Crippen molar-refractivity contribution in [2.45, 2.75) is 70.3 Å². The maximum absolute atomic E-state index is 8.96. The van der Waals surface area contributed by atoms with E-state index >= 15 is 0 Å². The van der Waals surface area contributed by atoms with E-state index in [1.165, 1.54) is 23.1 Å². The summed E-state index contributed by atoms with van der Waals surface area (Å²) >= 11 is 0. The molecule has 25 heavy (non-hydrogen) atoms. The van der Waals surface area contributed by atoms with Crippen LogP contribution >= 0.6 is 0 Å². The van der Waals surface area contributed by atoms with Crippen LogP contribution in [0.25, 0.3) is 0 Å². The van der Waals surface area contributed by atoms with Crippen molar-refractivity contribution in [2.24, 2.45) is 5.73 Å². The van der Waals surface area contributed by atoms with Crippen molar-refractivity contribution in [1.82, 2.24) is 0 Å². The molecule has 0 saturated carbocycles. The molecule has 0 fully saturated rings. The second kappa shape index (κ2) is 11.5. The molecule has 0 saturated heterocycles. The summed E-state index contributed by atoms with van der Waals surface area (Å²) in [6.07, 6.45) is 13.2. The number of unbranched alkanes of at least 4 members (excludes halogenated alkanes) is 2. The number of aryl methyl sites for hydroxylation is 1. The second-order valence-corrected chi connectivity index (χ2v) is 7.14. The van der Waals surface area contributed by atoms with Gasteiger partial charge in [0, 0.05) is 6.61 Å². The van der Waals surface area contributed by atoms with E-state index in [0.717, 1.165) is 51.6 Å². The van der Waals surface area contributed by atoms with Gasteiger partial charge in [0.1, 0.15) is 0 Å². The Morgan fingerprint density at radius 3 is 2.92 bits per heavy atom. The third-order valence-electron chi connectivity index (χ3n) is 5.18. The molecule has 0 amide bonds. The second-order valence-electron chi connectivity index (χ2n) is 7.14. The Balaban J connectivity index is 1.89. The standard InChI is InChI=1S/C22H35NO2/c1-2-3-4-7-14-25-22-12-11-18-15-19(9-10-20(18)16-22)21(17-23)8-5-6-13-24/h4,7,9-10,15,21-22,24H,2-3,5-6,8,11-14,16-17,23H2,1H3/b7-4+/t21-,22+/m0/s1. The Labute approximate surface area is 153 Å². The van der Waals surface area contributed by atoms with Crippen molar-refractivity contribution in [2.75, 3.05) is 19.8 Å². The minimum atomic E-state index is 0.274. The molecule has 0 radical (unpaired) electrons. The van der Waals surface area contributed by atoms with Crippen molar-refractivity contribution >= 4 is 0 Å². The number of hydrogen-bond acceptors (Lipinski definition) is 3. The first-order chi connectivity index (χ1) is 12.3. The van der Waals surface area contributed by atoms with Crippen LogP contribution in [0.4, 0.5) is 0 Å². The first kappa shape index (κ1) is 20.2. The van der Waals surface area contributed by atoms with Gasteiger partial charge in [0.05, 0.1) is 12.7 Å². The number of aliphatic hydroxyl groups is 1. The normalized spacial score (nSPS) is 18.4. The lowest BCUT2D eigenvalue weighted by Gasteiger charge is -2.26. The zero-order chi connectivity index (χ0) is 17.9. The summed E-state index contributed by atoms with van der Waals surface area (Å²) in [4.78, 5) is 0. The van der Waals surface area contributed by atoms with Crippen LogP contribution in [0.2, 0.25) is 0 Å². The van der Waals surface area contributed by atoms with Crippen molar-refractivity contribution in [3.05, 3.63) is 47.0 Å². The third-order valence-corrected chi connectivity index (χ3v) is 5.18. The monoisotopic (exact) mass is 345 g/mol. The molecule has 0 bridgehead atoms. The van der Waals surface area contributed by atoms with Gasteiger partial charge in [-0.05, 0) is 67.7 Å². The molecule has 0 aliphatic heterocycles. The highest BCUT2D eigenvalue weighted by Gasteiger charge is 2.20. The van der Waals surface area contributed by atoms with Crippen LogP contribution < -0.4 is 5.73 Å². The van der Waals surface area contributed by atoms with Gasteiger partial charge < -0.3 is 15.6 Å². The minimum Gasteiger partial charge on any atom is -0.396 e. The fraction of sp³-hybridized carbons (Fsp3) is 0.636. The van der Waals surface area contributed by atoms with Crippen LogP contribution in [-0.2, 0) is 17.6 Å². The Morgan fingerprint density at radius 2 is 2.16 bits per heavy atom. The summed E-state index contributed by atoms with van der Waals surface area (Å²) < 4.78 is 6.02. The quantitative estimate of drug-likeness (QED) is 0.468. The maximum atomic E-state index is 8.96. The Bertz CT molecular complexity index is 527. The van der Waals surface area contributed by atoms with E-state index in [4.69, 9.17) is 15.6 Å². The summed E-state index contributed by atoms with van der Waals surface area (Å²) in [5.74, 6) is 0.412. The lowest BCUT2D eigenvalue weighted by Crippen LogP contribution is -2.23. The van der Waals surface area contributed by atoms with E-state index in [-0.39, 0.29) is 6.61 Å². The molecule has 0 spiro atoms. The van der Waals surface area contributed by atoms with E-state index in [1.54, 1.807) is 0 Å². The predicted molar refractivity (Wildman–Crippen MR) is 105 cm³/mol. The maximum Gasteiger partial charge on any atom is 0.0651 e. The summed E-state index contributed by atoms with van der Waals surface area (Å²) in [7, 11) is 0. The number of aliphatic hydroxyl groups excluding tert-OH is 1. The van der Waals surface area contributed by atoms with Gasteiger partial charge in [-0.2, -0.15) is 0 Å². The number of allylic oxidation sites excluding steroid dienone is 1. The van der Waals surface area contributed by atoms with E-state index in [1.807, 2.05) is 0 Å². The fourth-order valence-corrected chi connectivity index (χ4v) is 3.61. The topological polar surface area (TPSA) is 55.5 Å². The zero-order valence-electron chi connectivity index (χ0n) is 15.8. The van der Waals surface area contributed by atoms with Crippen molar-refractivity contribution in [3.63, 3.8) is 0 Å². The molecule has 1 aliphatic rings. The van der Waals surface area contributed by atoms with E-state index in [0.29, 0.717) is 18.6 Å². The minimum absolute atomic E-state index is 0.274. The number of hydrogen-bond donors (Lipinski definition) is 2. The molecule has 140 valence electrons. The van der Waals surface area contributed by atoms with Gasteiger partial charge in [-0.15, -0.1) is 0 Å². The van der Waals surface area contributed by atoms with Crippen LogP contribution in [0, 0.1) is 0 Å². The highest BCUT2D eigenvalue weighted by Crippen LogP contribution is 2.28. The Morgan fingerprint density at radius 1 is 1.28 bits per heavy atom. The van der Waals surface area contributed by atoms with Crippen LogP contribution in [0.15, 0.2) is 30.4 Å². The van der Waals surface area contributed by atoms with Gasteiger partial charge in [-0.25, -0.2) is 0 Å². The smallest absolute Gasteiger partial charge is 0.0651 e. The van der Waals surface area contributed by atoms with E-state index in [9.17, 15) is 0 Å². The van der Waals surface area contributed by atoms with Gasteiger partial charge in [0.2, 0.25) is 0 Å². The molecule has 3 nitrogen and oxygen atoms in total. The molecule has 2 atom stereocenters. The first-order valence-corrected chi connectivity index (χ1v) is 9.97. The van der Waals surface area contributed by atoms with Crippen LogP contribution in [0.3, 0.4) is 0 Å². The molecule has 1 aromatic rings. The van der Waals surface area contributed by atoms with Crippen LogP contribution in [0.1, 0.15) is 68.1 Å². The zero-order valence-corrected chi connectivity index (χ0v) is 15.8. The predicted octanol–water partition coefficient (Wildman–Crippen LogP) is 4.12. The Kier molecular flexibility index (Phi) is 9.23. The molecule has 0 aromatic heterocycles. The Hall–Kier alpha value is -1.16. The number of fused-ring (bicyclic) bond motifs is 1. The SMILES string of the molecule is CCC/C=C/CO[C@@H]1CCc2cc([C@H](CN)CCCCO)ccc2C1. The largest absolute Gasteiger partial charge is 0.396 e. The van der Waals surface area contributed by atoms with Gasteiger partial charge >= 0.3 is 0 Å². The fourth-order valence-electron chi connectivity index (χ4n) is 3.61. The van der Waals surface area contributed by atoms with E-state index in [2.05, 4.69) is 37.3 Å². The van der Waals surface area contributed by atoms with Crippen LogP contribution in [-0.4, -0.2) is 31.0 Å². The lowest BCUT2D eigenvalue weighted by molar-refractivity contribution is 0.0641. The van der Waals surface area contributed by atoms with Gasteiger partial charge in [-0.1, -0.05) is 50.1 Å². The summed E-state index contributed by atoms with van der Waals surface area (Å²) in [6, 6.07) is 6.89. The van der Waals surface area contributed by atoms with Crippen molar-refractivity contribution in [1.29, 1.82) is 0 Å². The molecular formula is C22H35NO2. The number of nitrogens with two attached hydrogens (primary N) is 1. The van der Waals surface area contributed by atoms with Gasteiger partial charge in [0.15, 0.2) is 0 Å².